The fourth-order valence-electron chi connectivity index (χ4n) is 9.73. The molecule has 0 N–H and O–H groups in total. The summed E-state index contributed by atoms with van der Waals surface area (Å²) in [6, 6.07) is 45.6. The largest absolute Gasteiger partial charge is 0.307 e. The minimum atomic E-state index is 0.275. The second kappa shape index (κ2) is 14.5. The maximum atomic E-state index is 4.70. The third-order valence-corrected chi connectivity index (χ3v) is 12.6. The molecule has 0 aliphatic rings. The van der Waals surface area contributed by atoms with Gasteiger partial charge in [-0.15, -0.1) is 0 Å². The molecular formula is C56H50N4. The van der Waals surface area contributed by atoms with Crippen LogP contribution in [0.1, 0.15) is 72.9 Å². The van der Waals surface area contributed by atoms with Gasteiger partial charge in [0, 0.05) is 33.9 Å². The van der Waals surface area contributed by atoms with Crippen molar-refractivity contribution < 1.29 is 0 Å². The second-order valence-corrected chi connectivity index (χ2v) is 17.4. The number of rotatable bonds is 8. The van der Waals surface area contributed by atoms with E-state index in [2.05, 4.69) is 187 Å². The Labute approximate surface area is 353 Å². The monoisotopic (exact) mass is 778 g/mol. The molecule has 0 amide bonds. The van der Waals surface area contributed by atoms with E-state index in [1.807, 2.05) is 24.8 Å². The summed E-state index contributed by atoms with van der Waals surface area (Å²) in [5.74, 6) is 0.551. The average molecular weight is 779 g/mol. The van der Waals surface area contributed by atoms with Crippen LogP contribution in [0.4, 0.5) is 34.1 Å². The molecule has 0 unspecified atom stereocenters. The molecule has 0 saturated heterocycles. The van der Waals surface area contributed by atoms with Gasteiger partial charge >= 0.3 is 0 Å². The lowest BCUT2D eigenvalue weighted by Gasteiger charge is -2.33. The van der Waals surface area contributed by atoms with E-state index in [-0.39, 0.29) is 11.8 Å². The lowest BCUT2D eigenvalue weighted by atomic mass is 9.83. The average Bonchev–Trinajstić information content (AvgIpc) is 3.25. The number of benzene rings is 8. The fourth-order valence-corrected chi connectivity index (χ4v) is 9.73. The first-order chi connectivity index (χ1) is 29.1. The zero-order valence-corrected chi connectivity index (χ0v) is 35.8. The smallest absolute Gasteiger partial charge is 0.0645 e. The summed E-state index contributed by atoms with van der Waals surface area (Å²) >= 11 is 0. The van der Waals surface area contributed by atoms with Crippen LogP contribution in [0.25, 0.3) is 53.9 Å². The van der Waals surface area contributed by atoms with Gasteiger partial charge in [0.25, 0.3) is 0 Å². The Hall–Kier alpha value is -6.78. The van der Waals surface area contributed by atoms with Crippen LogP contribution in [0.2, 0.25) is 0 Å². The summed E-state index contributed by atoms with van der Waals surface area (Å²) in [4.78, 5) is 14.4. The van der Waals surface area contributed by atoms with Gasteiger partial charge in [0.2, 0.25) is 0 Å². The van der Waals surface area contributed by atoms with Crippen LogP contribution in [-0.2, 0) is 0 Å². The van der Waals surface area contributed by atoms with Crippen LogP contribution in [0, 0.1) is 27.7 Å². The summed E-state index contributed by atoms with van der Waals surface area (Å²) in [5.41, 5.74) is 14.3. The molecule has 0 aliphatic heterocycles. The van der Waals surface area contributed by atoms with Crippen molar-refractivity contribution in [1.29, 1.82) is 0 Å². The van der Waals surface area contributed by atoms with E-state index < -0.39 is 0 Å². The molecule has 2 aromatic heterocycles. The highest BCUT2D eigenvalue weighted by Gasteiger charge is 2.28. The molecule has 0 fully saturated rings. The van der Waals surface area contributed by atoms with Crippen molar-refractivity contribution in [2.24, 2.45) is 0 Å². The van der Waals surface area contributed by atoms with E-state index in [0.29, 0.717) is 0 Å². The van der Waals surface area contributed by atoms with E-state index in [4.69, 9.17) is 9.97 Å². The minimum Gasteiger partial charge on any atom is -0.307 e. The van der Waals surface area contributed by atoms with Crippen LogP contribution >= 0.6 is 0 Å². The third kappa shape index (κ3) is 5.96. The van der Waals surface area contributed by atoms with E-state index >= 15 is 0 Å². The number of anilines is 6. The van der Waals surface area contributed by atoms with E-state index in [1.165, 1.54) is 98.6 Å². The topological polar surface area (TPSA) is 32.3 Å². The van der Waals surface area contributed by atoms with Gasteiger partial charge in [-0.1, -0.05) is 112 Å². The Morgan fingerprint density at radius 3 is 1.20 bits per heavy atom. The number of pyridine rings is 2. The predicted octanol–water partition coefficient (Wildman–Crippen LogP) is 16.1. The molecule has 2 heterocycles. The maximum Gasteiger partial charge on any atom is 0.0645 e. The molecule has 4 heteroatoms. The zero-order chi connectivity index (χ0) is 41.4. The minimum absolute atomic E-state index is 0.275. The van der Waals surface area contributed by atoms with E-state index in [0.717, 1.165) is 22.7 Å². The van der Waals surface area contributed by atoms with Gasteiger partial charge < -0.3 is 9.80 Å². The molecular weight excluding hydrogens is 729 g/mol. The van der Waals surface area contributed by atoms with E-state index in [9.17, 15) is 0 Å². The van der Waals surface area contributed by atoms with Gasteiger partial charge in [0.05, 0.1) is 46.5 Å². The molecule has 0 atom stereocenters. The number of aromatic nitrogens is 2. The molecule has 0 spiro atoms. The number of aryl methyl sites for hydroxylation is 4. The number of hydrogen-bond donors (Lipinski definition) is 0. The fraction of sp³-hybridized carbons (Fsp3) is 0.179. The summed E-state index contributed by atoms with van der Waals surface area (Å²) in [6.45, 7) is 18.2. The molecule has 294 valence electrons. The second-order valence-electron chi connectivity index (χ2n) is 17.4. The highest BCUT2D eigenvalue weighted by Crippen LogP contribution is 2.52. The molecule has 0 bridgehead atoms. The normalized spacial score (nSPS) is 12.0. The van der Waals surface area contributed by atoms with E-state index in [1.54, 1.807) is 0 Å². The Kier molecular flexibility index (Phi) is 9.06. The molecule has 10 aromatic rings. The van der Waals surface area contributed by atoms with Crippen molar-refractivity contribution in [2.75, 3.05) is 9.80 Å². The molecule has 0 aliphatic carbocycles. The molecule has 8 aromatic carbocycles. The predicted molar refractivity (Wildman–Crippen MR) is 257 cm³/mol. The van der Waals surface area contributed by atoms with Crippen molar-refractivity contribution in [3.8, 4) is 0 Å². The van der Waals surface area contributed by atoms with Gasteiger partial charge in [-0.3, -0.25) is 9.97 Å². The number of hydrogen-bond acceptors (Lipinski definition) is 4. The summed E-state index contributed by atoms with van der Waals surface area (Å²) < 4.78 is 0. The Bertz CT molecular complexity index is 3030. The molecule has 10 rings (SSSR count). The lowest BCUT2D eigenvalue weighted by Crippen LogP contribution is -2.15. The third-order valence-electron chi connectivity index (χ3n) is 12.6. The van der Waals surface area contributed by atoms with Crippen molar-refractivity contribution in [2.45, 2.75) is 67.2 Å². The Morgan fingerprint density at radius 2 is 0.817 bits per heavy atom. The molecule has 0 saturated carbocycles. The van der Waals surface area contributed by atoms with Crippen molar-refractivity contribution >= 4 is 88.0 Å². The van der Waals surface area contributed by atoms with Gasteiger partial charge in [0.1, 0.15) is 0 Å². The van der Waals surface area contributed by atoms with Gasteiger partial charge in [-0.05, 0) is 143 Å². The first kappa shape index (κ1) is 37.5. The zero-order valence-electron chi connectivity index (χ0n) is 35.8. The van der Waals surface area contributed by atoms with Gasteiger partial charge in [-0.2, -0.15) is 0 Å². The highest BCUT2D eigenvalue weighted by molar-refractivity contribution is 6.30. The summed E-state index contributed by atoms with van der Waals surface area (Å²) in [6.07, 6.45) is 7.76. The van der Waals surface area contributed by atoms with Crippen LogP contribution in [0.15, 0.2) is 146 Å². The van der Waals surface area contributed by atoms with Gasteiger partial charge in [-0.25, -0.2) is 0 Å². The SMILES string of the molecule is Cc1ccc2ccc(C)c(N(c3cccnc3)c3cc(C(C)C)c4ccc5c(N(c6cccnc6)c6c(C)ccc7ccc(C)cc67)cc(C(C)C)c6ccc3c4c65)c2c1. The quantitative estimate of drug-likeness (QED) is 0.144. The van der Waals surface area contributed by atoms with Crippen molar-refractivity contribution in [1.82, 2.24) is 9.97 Å². The van der Waals surface area contributed by atoms with Crippen molar-refractivity contribution in [3.63, 3.8) is 0 Å². The standard InChI is InChI=1S/C56H50N4/c1-33(2)47-29-51(59(41-11-9-25-57-31-41)55-37(7)15-19-39-17-13-35(5)27-49(39)55)45-24-22-44-48(34(3)4)30-52(46-23-21-43(47)53(45)54(44)46)60(42-12-10-26-58-32-42)56-38(8)16-20-40-18-14-36(6)28-50(40)56/h9-34H,1-8H3. The Morgan fingerprint density at radius 1 is 0.417 bits per heavy atom. The number of nitrogens with zero attached hydrogens (tertiary/aromatic N) is 4. The van der Waals surface area contributed by atoms with Crippen LogP contribution in [-0.4, -0.2) is 9.97 Å². The highest BCUT2D eigenvalue weighted by atomic mass is 15.2. The van der Waals surface area contributed by atoms with Crippen LogP contribution in [0.3, 0.4) is 0 Å². The van der Waals surface area contributed by atoms with Crippen molar-refractivity contribution in [3.05, 3.63) is 179 Å². The molecule has 60 heavy (non-hydrogen) atoms. The summed E-state index contributed by atoms with van der Waals surface area (Å²) in [7, 11) is 0. The maximum absolute atomic E-state index is 4.70. The molecule has 0 radical (unpaired) electrons. The first-order valence-electron chi connectivity index (χ1n) is 21.3. The molecule has 4 nitrogen and oxygen atoms in total. The lowest BCUT2D eigenvalue weighted by molar-refractivity contribution is 0.875. The Balaban J connectivity index is 1.37. The number of fused-ring (bicyclic) bond motifs is 2. The summed E-state index contributed by atoms with van der Waals surface area (Å²) in [5, 5.41) is 12.5. The van der Waals surface area contributed by atoms with Crippen LogP contribution in [0.5, 0.6) is 0 Å². The van der Waals surface area contributed by atoms with Crippen LogP contribution < -0.4 is 9.80 Å². The van der Waals surface area contributed by atoms with Gasteiger partial charge in [0.15, 0.2) is 0 Å². The first-order valence-corrected chi connectivity index (χ1v) is 21.3.